The Balaban J connectivity index is 1.37. The average molecular weight is 355 g/mol. The molecule has 140 valence electrons. The molecule has 0 aromatic carbocycles. The van der Waals surface area contributed by atoms with Crippen LogP contribution in [-0.2, 0) is 6.42 Å². The van der Waals surface area contributed by atoms with Crippen LogP contribution in [0.5, 0.6) is 0 Å². The van der Waals surface area contributed by atoms with Crippen molar-refractivity contribution in [1.29, 1.82) is 0 Å². The summed E-state index contributed by atoms with van der Waals surface area (Å²) < 4.78 is 0. The standard InChI is InChI=1S/C20H29N5O/c26-20-17-16(6-9-21-20)19(23-18(22-17)14-4-5-14)25-12-7-15(8-13-25)24-10-2-1-3-11-24/h14-15H,1-13H2,(H,21,26). The number of hydrogen-bond donors (Lipinski definition) is 1. The van der Waals surface area contributed by atoms with E-state index >= 15 is 0 Å². The van der Waals surface area contributed by atoms with Gasteiger partial charge in [-0.1, -0.05) is 6.42 Å². The number of aromatic nitrogens is 2. The summed E-state index contributed by atoms with van der Waals surface area (Å²) >= 11 is 0. The number of carbonyl (C=O) groups is 1. The van der Waals surface area contributed by atoms with Gasteiger partial charge in [-0.25, -0.2) is 9.97 Å². The van der Waals surface area contributed by atoms with E-state index in [0.717, 1.165) is 55.6 Å². The summed E-state index contributed by atoms with van der Waals surface area (Å²) in [6, 6.07) is 0.732. The summed E-state index contributed by atoms with van der Waals surface area (Å²) in [5.41, 5.74) is 1.72. The van der Waals surface area contributed by atoms with Gasteiger partial charge in [0.1, 0.15) is 17.3 Å². The van der Waals surface area contributed by atoms with Crippen LogP contribution in [0.4, 0.5) is 5.82 Å². The van der Waals surface area contributed by atoms with Gasteiger partial charge in [0.15, 0.2) is 0 Å². The molecule has 1 aromatic heterocycles. The maximum absolute atomic E-state index is 12.3. The number of carbonyl (C=O) groups excluding carboxylic acids is 1. The molecule has 5 rings (SSSR count). The lowest BCUT2D eigenvalue weighted by Gasteiger charge is -2.41. The molecule has 26 heavy (non-hydrogen) atoms. The maximum Gasteiger partial charge on any atom is 0.270 e. The number of nitrogens with one attached hydrogen (secondary N) is 1. The van der Waals surface area contributed by atoms with Gasteiger partial charge in [-0.2, -0.15) is 0 Å². The number of nitrogens with zero attached hydrogens (tertiary/aromatic N) is 4. The van der Waals surface area contributed by atoms with Crippen molar-refractivity contribution in [2.45, 2.75) is 63.3 Å². The smallest absolute Gasteiger partial charge is 0.270 e. The van der Waals surface area contributed by atoms with Crippen molar-refractivity contribution in [2.24, 2.45) is 0 Å². The van der Waals surface area contributed by atoms with Crippen molar-refractivity contribution in [3.05, 3.63) is 17.1 Å². The highest BCUT2D eigenvalue weighted by Crippen LogP contribution is 2.40. The fourth-order valence-corrected chi connectivity index (χ4v) is 4.80. The van der Waals surface area contributed by atoms with E-state index in [1.54, 1.807) is 0 Å². The second-order valence-electron chi connectivity index (χ2n) is 8.33. The van der Waals surface area contributed by atoms with Gasteiger partial charge in [0.05, 0.1) is 0 Å². The third-order valence-electron chi connectivity index (χ3n) is 6.49. The fourth-order valence-electron chi connectivity index (χ4n) is 4.80. The minimum Gasteiger partial charge on any atom is -0.356 e. The number of likely N-dealkylation sites (tertiary alicyclic amines) is 1. The highest BCUT2D eigenvalue weighted by Gasteiger charge is 2.34. The Labute approximate surface area is 155 Å². The topological polar surface area (TPSA) is 61.4 Å². The highest BCUT2D eigenvalue weighted by molar-refractivity contribution is 5.96. The lowest BCUT2D eigenvalue weighted by atomic mass is 9.98. The van der Waals surface area contributed by atoms with Gasteiger partial charge in [0, 0.05) is 37.2 Å². The molecule has 3 fully saturated rings. The van der Waals surface area contributed by atoms with Crippen LogP contribution in [0.15, 0.2) is 0 Å². The van der Waals surface area contributed by atoms with Crippen molar-refractivity contribution in [3.63, 3.8) is 0 Å². The SMILES string of the molecule is O=C1NCCc2c1nc(C1CC1)nc2N1CCC(N2CCCCC2)CC1. The first-order valence-corrected chi connectivity index (χ1v) is 10.5. The Morgan fingerprint density at radius 2 is 1.69 bits per heavy atom. The zero-order chi connectivity index (χ0) is 17.5. The molecular formula is C20H29N5O. The molecule has 1 aromatic rings. The van der Waals surface area contributed by atoms with Crippen molar-refractivity contribution >= 4 is 11.7 Å². The van der Waals surface area contributed by atoms with Gasteiger partial charge in [0.25, 0.3) is 5.91 Å². The number of piperidine rings is 2. The van der Waals surface area contributed by atoms with E-state index in [4.69, 9.17) is 4.98 Å². The Morgan fingerprint density at radius 3 is 2.42 bits per heavy atom. The molecule has 0 unspecified atom stereocenters. The van der Waals surface area contributed by atoms with Gasteiger partial charge in [-0.15, -0.1) is 0 Å². The summed E-state index contributed by atoms with van der Waals surface area (Å²) in [6.45, 7) is 5.36. The van der Waals surface area contributed by atoms with E-state index in [-0.39, 0.29) is 5.91 Å². The molecule has 1 amide bonds. The Bertz CT molecular complexity index is 688. The third kappa shape index (κ3) is 3.08. The van der Waals surface area contributed by atoms with Crippen molar-refractivity contribution in [3.8, 4) is 0 Å². The van der Waals surface area contributed by atoms with E-state index in [9.17, 15) is 4.79 Å². The summed E-state index contributed by atoms with van der Waals surface area (Å²) in [5, 5.41) is 2.95. The number of fused-ring (bicyclic) bond motifs is 1. The number of rotatable bonds is 3. The lowest BCUT2D eigenvalue weighted by molar-refractivity contribution is 0.0940. The molecule has 4 heterocycles. The monoisotopic (exact) mass is 355 g/mol. The zero-order valence-corrected chi connectivity index (χ0v) is 15.5. The van der Waals surface area contributed by atoms with Gasteiger partial charge in [-0.05, 0) is 58.0 Å². The summed E-state index contributed by atoms with van der Waals surface area (Å²) in [4.78, 5) is 27.1. The van der Waals surface area contributed by atoms with Gasteiger partial charge < -0.3 is 15.1 Å². The molecule has 6 heteroatoms. The molecular weight excluding hydrogens is 326 g/mol. The number of amides is 1. The van der Waals surface area contributed by atoms with Crippen LogP contribution in [-0.4, -0.2) is 59.5 Å². The predicted molar refractivity (Wildman–Crippen MR) is 101 cm³/mol. The van der Waals surface area contributed by atoms with E-state index in [2.05, 4.69) is 20.1 Å². The molecule has 1 saturated carbocycles. The first kappa shape index (κ1) is 16.5. The molecule has 3 aliphatic heterocycles. The molecule has 0 radical (unpaired) electrons. The first-order chi connectivity index (χ1) is 12.8. The zero-order valence-electron chi connectivity index (χ0n) is 15.5. The van der Waals surface area contributed by atoms with Crippen LogP contribution in [0, 0.1) is 0 Å². The van der Waals surface area contributed by atoms with Crippen LogP contribution in [0.25, 0.3) is 0 Å². The van der Waals surface area contributed by atoms with Crippen LogP contribution < -0.4 is 10.2 Å². The van der Waals surface area contributed by atoms with Crippen LogP contribution in [0.1, 0.15) is 72.7 Å². The highest BCUT2D eigenvalue weighted by atomic mass is 16.1. The normalized spacial score (nSPS) is 25.1. The number of anilines is 1. The fraction of sp³-hybridized carbons (Fsp3) is 0.750. The second-order valence-corrected chi connectivity index (χ2v) is 8.33. The molecule has 0 spiro atoms. The largest absolute Gasteiger partial charge is 0.356 e. The van der Waals surface area contributed by atoms with Crippen molar-refractivity contribution in [2.75, 3.05) is 37.6 Å². The molecule has 0 atom stereocenters. The predicted octanol–water partition coefficient (Wildman–Crippen LogP) is 2.09. The van der Waals surface area contributed by atoms with Crippen molar-refractivity contribution < 1.29 is 4.79 Å². The quantitative estimate of drug-likeness (QED) is 0.900. The van der Waals surface area contributed by atoms with Crippen LogP contribution in [0.3, 0.4) is 0 Å². The minimum atomic E-state index is -0.0139. The van der Waals surface area contributed by atoms with E-state index in [1.165, 1.54) is 45.2 Å². The van der Waals surface area contributed by atoms with E-state index in [1.807, 2.05) is 0 Å². The van der Waals surface area contributed by atoms with Gasteiger partial charge >= 0.3 is 0 Å². The third-order valence-corrected chi connectivity index (χ3v) is 6.49. The Kier molecular flexibility index (Phi) is 4.31. The minimum absolute atomic E-state index is 0.0139. The Hall–Kier alpha value is -1.69. The molecule has 1 aliphatic carbocycles. The molecule has 2 saturated heterocycles. The van der Waals surface area contributed by atoms with E-state index in [0.29, 0.717) is 18.2 Å². The second kappa shape index (κ2) is 6.80. The first-order valence-electron chi connectivity index (χ1n) is 10.5. The molecule has 1 N–H and O–H groups in total. The summed E-state index contributed by atoms with van der Waals surface area (Å²) in [6.07, 6.45) is 9.72. The van der Waals surface area contributed by atoms with Gasteiger partial charge in [0.2, 0.25) is 0 Å². The molecule has 0 bridgehead atoms. The Morgan fingerprint density at radius 1 is 0.923 bits per heavy atom. The van der Waals surface area contributed by atoms with Gasteiger partial charge in [-0.3, -0.25) is 4.79 Å². The molecule has 6 nitrogen and oxygen atoms in total. The maximum atomic E-state index is 12.3. The summed E-state index contributed by atoms with van der Waals surface area (Å²) in [7, 11) is 0. The van der Waals surface area contributed by atoms with E-state index < -0.39 is 0 Å². The lowest BCUT2D eigenvalue weighted by Crippen LogP contribution is -2.47. The van der Waals surface area contributed by atoms with Crippen LogP contribution in [0.2, 0.25) is 0 Å². The van der Waals surface area contributed by atoms with Crippen molar-refractivity contribution in [1.82, 2.24) is 20.2 Å². The summed E-state index contributed by atoms with van der Waals surface area (Å²) in [5.74, 6) is 2.41. The average Bonchev–Trinajstić information content (AvgIpc) is 3.54. The van der Waals surface area contributed by atoms with Crippen LogP contribution >= 0.6 is 0 Å². The molecule has 4 aliphatic rings. The number of hydrogen-bond acceptors (Lipinski definition) is 5.